The SMILES string of the molecule is Cc1nc(C(=O)N2CCCC(C)C2)cc(N(C)Cc2ccccc2)n1. The van der Waals surface area contributed by atoms with Gasteiger partial charge in [0.25, 0.3) is 5.91 Å². The Morgan fingerprint density at radius 1 is 1.28 bits per heavy atom. The zero-order valence-electron chi connectivity index (χ0n) is 15.3. The highest BCUT2D eigenvalue weighted by Crippen LogP contribution is 2.20. The summed E-state index contributed by atoms with van der Waals surface area (Å²) in [6, 6.07) is 12.1. The van der Waals surface area contributed by atoms with E-state index in [0.29, 0.717) is 17.4 Å². The standard InChI is InChI=1S/C20H26N4O/c1-15-8-7-11-24(13-15)20(25)18-12-19(22-16(2)21-18)23(3)14-17-9-5-4-6-10-17/h4-6,9-10,12,15H,7-8,11,13-14H2,1-3H3. The second-order valence-electron chi connectivity index (χ2n) is 7.00. The van der Waals surface area contributed by atoms with Crippen LogP contribution < -0.4 is 4.90 Å². The molecule has 0 aliphatic carbocycles. The smallest absolute Gasteiger partial charge is 0.272 e. The molecule has 1 aliphatic heterocycles. The van der Waals surface area contributed by atoms with Gasteiger partial charge in [0.2, 0.25) is 0 Å². The van der Waals surface area contributed by atoms with E-state index in [4.69, 9.17) is 0 Å². The van der Waals surface area contributed by atoms with Crippen LogP contribution in [0.2, 0.25) is 0 Å². The molecule has 0 N–H and O–H groups in total. The molecule has 5 heteroatoms. The van der Waals surface area contributed by atoms with Gasteiger partial charge in [-0.3, -0.25) is 4.79 Å². The molecule has 1 aliphatic rings. The van der Waals surface area contributed by atoms with Crippen LogP contribution in [0.5, 0.6) is 0 Å². The lowest BCUT2D eigenvalue weighted by atomic mass is 10.00. The van der Waals surface area contributed by atoms with Crippen LogP contribution in [-0.2, 0) is 6.54 Å². The van der Waals surface area contributed by atoms with Crippen molar-refractivity contribution in [3.63, 3.8) is 0 Å². The van der Waals surface area contributed by atoms with Crippen LogP contribution in [0.3, 0.4) is 0 Å². The third-order valence-electron chi connectivity index (χ3n) is 4.64. The molecule has 1 aromatic heterocycles. The number of nitrogens with zero attached hydrogens (tertiary/aromatic N) is 4. The van der Waals surface area contributed by atoms with E-state index in [9.17, 15) is 4.79 Å². The molecule has 1 atom stereocenters. The molecule has 1 amide bonds. The molecule has 2 aromatic rings. The number of aryl methyl sites for hydroxylation is 1. The number of amides is 1. The molecule has 132 valence electrons. The van der Waals surface area contributed by atoms with Crippen molar-refractivity contribution in [2.45, 2.75) is 33.2 Å². The van der Waals surface area contributed by atoms with Crippen LogP contribution in [0.15, 0.2) is 36.4 Å². The average Bonchev–Trinajstić information content (AvgIpc) is 2.61. The van der Waals surface area contributed by atoms with Gasteiger partial charge in [0.15, 0.2) is 0 Å². The minimum absolute atomic E-state index is 0.0198. The number of piperidine rings is 1. The number of likely N-dealkylation sites (tertiary alicyclic amines) is 1. The van der Waals surface area contributed by atoms with E-state index in [-0.39, 0.29) is 5.91 Å². The van der Waals surface area contributed by atoms with Crippen molar-refractivity contribution in [1.29, 1.82) is 0 Å². The molecule has 0 radical (unpaired) electrons. The fraction of sp³-hybridized carbons (Fsp3) is 0.450. The minimum atomic E-state index is 0.0198. The molecule has 0 saturated carbocycles. The number of hydrogen-bond acceptors (Lipinski definition) is 4. The van der Waals surface area contributed by atoms with Gasteiger partial charge in [0.05, 0.1) is 0 Å². The third kappa shape index (κ3) is 4.35. The van der Waals surface area contributed by atoms with E-state index < -0.39 is 0 Å². The molecule has 0 spiro atoms. The van der Waals surface area contributed by atoms with E-state index in [1.807, 2.05) is 43.1 Å². The van der Waals surface area contributed by atoms with Gasteiger partial charge in [-0.2, -0.15) is 0 Å². The fourth-order valence-corrected chi connectivity index (χ4v) is 3.33. The summed E-state index contributed by atoms with van der Waals surface area (Å²) in [6.07, 6.45) is 2.26. The molecule has 25 heavy (non-hydrogen) atoms. The Morgan fingerprint density at radius 2 is 2.04 bits per heavy atom. The molecule has 2 heterocycles. The van der Waals surface area contributed by atoms with Crippen molar-refractivity contribution < 1.29 is 4.79 Å². The van der Waals surface area contributed by atoms with Crippen LogP contribution >= 0.6 is 0 Å². The van der Waals surface area contributed by atoms with E-state index in [1.165, 1.54) is 12.0 Å². The highest BCUT2D eigenvalue weighted by Gasteiger charge is 2.24. The summed E-state index contributed by atoms with van der Waals surface area (Å²) in [4.78, 5) is 25.7. The second-order valence-corrected chi connectivity index (χ2v) is 7.00. The predicted octanol–water partition coefficient (Wildman–Crippen LogP) is 3.29. The number of carbonyl (C=O) groups is 1. The maximum atomic E-state index is 12.8. The van der Waals surface area contributed by atoms with Crippen molar-refractivity contribution in [2.24, 2.45) is 5.92 Å². The summed E-state index contributed by atoms with van der Waals surface area (Å²) in [5.41, 5.74) is 1.70. The van der Waals surface area contributed by atoms with Crippen LogP contribution in [0.4, 0.5) is 5.82 Å². The van der Waals surface area contributed by atoms with Crippen molar-refractivity contribution in [3.05, 3.63) is 53.5 Å². The molecular formula is C20H26N4O. The van der Waals surface area contributed by atoms with Gasteiger partial charge >= 0.3 is 0 Å². The third-order valence-corrected chi connectivity index (χ3v) is 4.64. The first-order chi connectivity index (χ1) is 12.0. The Bertz CT molecular complexity index is 732. The van der Waals surface area contributed by atoms with Gasteiger partial charge in [-0.05, 0) is 31.2 Å². The lowest BCUT2D eigenvalue weighted by Gasteiger charge is -2.31. The quantitative estimate of drug-likeness (QED) is 0.858. The second kappa shape index (κ2) is 7.64. The summed E-state index contributed by atoms with van der Waals surface area (Å²) in [7, 11) is 1.99. The normalized spacial score (nSPS) is 17.4. The number of carbonyl (C=O) groups excluding carboxylic acids is 1. The highest BCUT2D eigenvalue weighted by molar-refractivity contribution is 5.93. The lowest BCUT2D eigenvalue weighted by molar-refractivity contribution is 0.0676. The molecule has 3 rings (SSSR count). The van der Waals surface area contributed by atoms with Crippen LogP contribution in [0, 0.1) is 12.8 Å². The van der Waals surface area contributed by atoms with E-state index >= 15 is 0 Å². The van der Waals surface area contributed by atoms with Crippen molar-refractivity contribution in [2.75, 3.05) is 25.0 Å². The summed E-state index contributed by atoms with van der Waals surface area (Å²) in [6.45, 7) is 6.42. The van der Waals surface area contributed by atoms with E-state index in [0.717, 1.165) is 31.9 Å². The Labute approximate surface area is 149 Å². The monoisotopic (exact) mass is 338 g/mol. The van der Waals surface area contributed by atoms with Gasteiger partial charge < -0.3 is 9.80 Å². The van der Waals surface area contributed by atoms with Gasteiger partial charge in [0.1, 0.15) is 17.3 Å². The molecule has 0 bridgehead atoms. The first-order valence-corrected chi connectivity index (χ1v) is 8.93. The Kier molecular flexibility index (Phi) is 5.31. The first-order valence-electron chi connectivity index (χ1n) is 8.93. The van der Waals surface area contributed by atoms with Crippen LogP contribution in [0.25, 0.3) is 0 Å². The van der Waals surface area contributed by atoms with E-state index in [2.05, 4.69) is 33.9 Å². The van der Waals surface area contributed by atoms with Gasteiger partial charge in [0, 0.05) is 32.7 Å². The molecule has 5 nitrogen and oxygen atoms in total. The summed E-state index contributed by atoms with van der Waals surface area (Å²) < 4.78 is 0. The van der Waals surface area contributed by atoms with Gasteiger partial charge in [-0.15, -0.1) is 0 Å². The Balaban J connectivity index is 1.79. The van der Waals surface area contributed by atoms with Crippen molar-refractivity contribution >= 4 is 11.7 Å². The largest absolute Gasteiger partial charge is 0.355 e. The van der Waals surface area contributed by atoms with Crippen LogP contribution in [0.1, 0.15) is 41.6 Å². The number of benzene rings is 1. The van der Waals surface area contributed by atoms with E-state index in [1.54, 1.807) is 0 Å². The summed E-state index contributed by atoms with van der Waals surface area (Å²) in [5.74, 6) is 1.99. The number of rotatable bonds is 4. The summed E-state index contributed by atoms with van der Waals surface area (Å²) >= 11 is 0. The highest BCUT2D eigenvalue weighted by atomic mass is 16.2. The van der Waals surface area contributed by atoms with Crippen molar-refractivity contribution in [1.82, 2.24) is 14.9 Å². The maximum absolute atomic E-state index is 12.8. The fourth-order valence-electron chi connectivity index (χ4n) is 3.33. The Hall–Kier alpha value is -2.43. The van der Waals surface area contributed by atoms with Crippen molar-refractivity contribution in [3.8, 4) is 0 Å². The molecule has 1 fully saturated rings. The molecule has 1 aromatic carbocycles. The number of hydrogen-bond donors (Lipinski definition) is 0. The van der Waals surface area contributed by atoms with Gasteiger partial charge in [-0.25, -0.2) is 9.97 Å². The lowest BCUT2D eigenvalue weighted by Crippen LogP contribution is -2.39. The zero-order chi connectivity index (χ0) is 17.8. The van der Waals surface area contributed by atoms with Gasteiger partial charge in [-0.1, -0.05) is 37.3 Å². The molecule has 1 unspecified atom stereocenters. The first kappa shape index (κ1) is 17.4. The van der Waals surface area contributed by atoms with Crippen LogP contribution in [-0.4, -0.2) is 40.9 Å². The summed E-state index contributed by atoms with van der Waals surface area (Å²) in [5, 5.41) is 0. The predicted molar refractivity (Wildman–Crippen MR) is 99.6 cm³/mol. The zero-order valence-corrected chi connectivity index (χ0v) is 15.3. The molecular weight excluding hydrogens is 312 g/mol. The average molecular weight is 338 g/mol. The Morgan fingerprint density at radius 3 is 2.76 bits per heavy atom. The topological polar surface area (TPSA) is 49.3 Å². The number of anilines is 1. The molecule has 1 saturated heterocycles. The number of aromatic nitrogens is 2. The minimum Gasteiger partial charge on any atom is -0.355 e. The maximum Gasteiger partial charge on any atom is 0.272 e.